The van der Waals surface area contributed by atoms with Gasteiger partial charge < -0.3 is 14.2 Å². The van der Waals surface area contributed by atoms with Gasteiger partial charge in [0.2, 0.25) is 11.7 Å². The molecule has 1 aromatic heterocycles. The highest BCUT2D eigenvalue weighted by atomic mass is 32.1. The number of aryl methyl sites for hydroxylation is 2. The topological polar surface area (TPSA) is 103 Å². The molecule has 0 atom stereocenters. The SMILES string of the molecule is CCOc1cc(C(=O)NNC(=O)CCC(=O)c2cc(C)sc2C)cc(OCC)c1OCC. The number of carbonyl (C=O) groups excluding carboxylic acids is 3. The summed E-state index contributed by atoms with van der Waals surface area (Å²) < 4.78 is 16.8. The first-order valence-electron chi connectivity index (χ1n) is 10.6. The van der Waals surface area contributed by atoms with Crippen LogP contribution >= 0.6 is 11.3 Å². The molecule has 32 heavy (non-hydrogen) atoms. The molecule has 9 heteroatoms. The van der Waals surface area contributed by atoms with Gasteiger partial charge in [0.15, 0.2) is 17.3 Å². The molecule has 8 nitrogen and oxygen atoms in total. The second kappa shape index (κ2) is 12.1. The third-order valence-corrected chi connectivity index (χ3v) is 5.37. The molecule has 0 saturated heterocycles. The van der Waals surface area contributed by atoms with Gasteiger partial charge in [-0.2, -0.15) is 0 Å². The van der Waals surface area contributed by atoms with Crippen LogP contribution in [0, 0.1) is 13.8 Å². The molecule has 2 aromatic rings. The quantitative estimate of drug-likeness (QED) is 0.387. The molecule has 2 amide bonds. The Balaban J connectivity index is 2.01. The van der Waals surface area contributed by atoms with E-state index in [1.165, 1.54) is 12.1 Å². The first kappa shape index (κ1) is 25.2. The van der Waals surface area contributed by atoms with E-state index in [9.17, 15) is 14.4 Å². The minimum Gasteiger partial charge on any atom is -0.490 e. The van der Waals surface area contributed by atoms with Crippen molar-refractivity contribution < 1.29 is 28.6 Å². The molecule has 0 aliphatic heterocycles. The van der Waals surface area contributed by atoms with E-state index in [1.54, 1.807) is 11.3 Å². The van der Waals surface area contributed by atoms with Crippen molar-refractivity contribution in [2.24, 2.45) is 0 Å². The highest BCUT2D eigenvalue weighted by Crippen LogP contribution is 2.39. The Kier molecular flexibility index (Phi) is 9.52. The summed E-state index contributed by atoms with van der Waals surface area (Å²) in [4.78, 5) is 39.0. The minimum absolute atomic E-state index is 0.0366. The van der Waals surface area contributed by atoms with Crippen LogP contribution in [-0.4, -0.2) is 37.4 Å². The molecule has 0 bridgehead atoms. The number of carbonyl (C=O) groups is 3. The van der Waals surface area contributed by atoms with Crippen molar-refractivity contribution in [3.8, 4) is 17.2 Å². The molecule has 174 valence electrons. The summed E-state index contributed by atoms with van der Waals surface area (Å²) in [6.45, 7) is 10.5. The second-order valence-corrected chi connectivity index (χ2v) is 8.31. The maximum atomic E-state index is 12.6. The number of ether oxygens (including phenoxy) is 3. The summed E-state index contributed by atoms with van der Waals surface area (Å²) >= 11 is 1.55. The zero-order valence-electron chi connectivity index (χ0n) is 19.1. The first-order valence-corrected chi connectivity index (χ1v) is 11.4. The van der Waals surface area contributed by atoms with Crippen molar-refractivity contribution in [1.29, 1.82) is 0 Å². The summed E-state index contributed by atoms with van der Waals surface area (Å²) in [6, 6.07) is 4.90. The Morgan fingerprint density at radius 1 is 0.844 bits per heavy atom. The highest BCUT2D eigenvalue weighted by Gasteiger charge is 2.19. The summed E-state index contributed by atoms with van der Waals surface area (Å²) in [7, 11) is 0. The monoisotopic (exact) mass is 462 g/mol. The van der Waals surface area contributed by atoms with Crippen LogP contribution in [0.2, 0.25) is 0 Å². The Hall–Kier alpha value is -3.07. The van der Waals surface area contributed by atoms with Crippen molar-refractivity contribution in [3.63, 3.8) is 0 Å². The number of rotatable bonds is 11. The standard InChI is InChI=1S/C23H30N2O6S/c1-6-29-19-12-16(13-20(30-7-2)22(19)31-8-3)23(28)25-24-21(27)10-9-18(26)17-11-14(4)32-15(17)5/h11-13H,6-10H2,1-5H3,(H,24,27)(H,25,28). The van der Waals surface area contributed by atoms with Gasteiger partial charge in [0, 0.05) is 33.7 Å². The summed E-state index contributed by atoms with van der Waals surface area (Å²) in [5, 5.41) is 0. The number of Topliss-reactive ketones (excluding diaryl/α,β-unsaturated/α-hetero) is 1. The molecule has 0 radical (unpaired) electrons. The zero-order valence-corrected chi connectivity index (χ0v) is 19.9. The van der Waals surface area contributed by atoms with Crippen LogP contribution < -0.4 is 25.1 Å². The predicted molar refractivity (Wildman–Crippen MR) is 123 cm³/mol. The number of hydrogen-bond acceptors (Lipinski definition) is 7. The first-order chi connectivity index (χ1) is 15.3. The van der Waals surface area contributed by atoms with Gasteiger partial charge in [-0.1, -0.05) is 0 Å². The second-order valence-electron chi connectivity index (χ2n) is 6.85. The molecule has 2 N–H and O–H groups in total. The number of thiophene rings is 1. The van der Waals surface area contributed by atoms with E-state index < -0.39 is 11.8 Å². The maximum Gasteiger partial charge on any atom is 0.269 e. The van der Waals surface area contributed by atoms with E-state index in [0.29, 0.717) is 42.6 Å². The van der Waals surface area contributed by atoms with Crippen molar-refractivity contribution in [1.82, 2.24) is 10.9 Å². The number of benzene rings is 1. The molecule has 1 heterocycles. The number of hydrazine groups is 1. The van der Waals surface area contributed by atoms with E-state index in [0.717, 1.165) is 9.75 Å². The van der Waals surface area contributed by atoms with Gasteiger partial charge in [-0.05, 0) is 52.8 Å². The summed E-state index contributed by atoms with van der Waals surface area (Å²) in [6.07, 6.45) is 0.0237. The number of hydrogen-bond donors (Lipinski definition) is 2. The lowest BCUT2D eigenvalue weighted by Gasteiger charge is -2.17. The molecule has 0 aliphatic carbocycles. The van der Waals surface area contributed by atoms with Gasteiger partial charge >= 0.3 is 0 Å². The maximum absolute atomic E-state index is 12.6. The third-order valence-electron chi connectivity index (χ3n) is 4.41. The third kappa shape index (κ3) is 6.71. The number of nitrogens with one attached hydrogen (secondary N) is 2. The average Bonchev–Trinajstić information content (AvgIpc) is 3.10. The number of amides is 2. The van der Waals surface area contributed by atoms with Gasteiger partial charge in [0.05, 0.1) is 19.8 Å². The lowest BCUT2D eigenvalue weighted by molar-refractivity contribution is -0.121. The van der Waals surface area contributed by atoms with Crippen LogP contribution in [-0.2, 0) is 4.79 Å². The van der Waals surface area contributed by atoms with Crippen LogP contribution in [0.5, 0.6) is 17.2 Å². The van der Waals surface area contributed by atoms with E-state index in [1.807, 2.05) is 40.7 Å². The summed E-state index contributed by atoms with van der Waals surface area (Å²) in [5.41, 5.74) is 5.60. The molecule has 0 unspecified atom stereocenters. The smallest absolute Gasteiger partial charge is 0.269 e. The van der Waals surface area contributed by atoms with Gasteiger partial charge in [0.1, 0.15) is 0 Å². The van der Waals surface area contributed by atoms with E-state index >= 15 is 0 Å². The molecule has 0 saturated carbocycles. The van der Waals surface area contributed by atoms with Gasteiger partial charge in [-0.15, -0.1) is 11.3 Å². The Bertz CT molecular complexity index is 942. The Morgan fingerprint density at radius 3 is 1.94 bits per heavy atom. The van der Waals surface area contributed by atoms with Gasteiger partial charge in [-0.25, -0.2) is 0 Å². The largest absolute Gasteiger partial charge is 0.490 e. The summed E-state index contributed by atoms with van der Waals surface area (Å²) in [5.74, 6) is 0.0839. The Labute approximate surface area is 192 Å². The van der Waals surface area contributed by atoms with Crippen LogP contribution in [0.15, 0.2) is 18.2 Å². The van der Waals surface area contributed by atoms with E-state index in [-0.39, 0.29) is 24.2 Å². The molecule has 1 aromatic carbocycles. The highest BCUT2D eigenvalue weighted by molar-refractivity contribution is 7.12. The van der Waals surface area contributed by atoms with Crippen LogP contribution in [0.3, 0.4) is 0 Å². The van der Waals surface area contributed by atoms with Crippen LogP contribution in [0.4, 0.5) is 0 Å². The van der Waals surface area contributed by atoms with Crippen molar-refractivity contribution in [3.05, 3.63) is 39.1 Å². The van der Waals surface area contributed by atoms with Crippen molar-refractivity contribution in [2.45, 2.75) is 47.5 Å². The molecule has 0 spiro atoms. The van der Waals surface area contributed by atoms with Gasteiger partial charge in [0.25, 0.3) is 5.91 Å². The molecule has 2 rings (SSSR count). The molecular formula is C23H30N2O6S. The normalized spacial score (nSPS) is 10.4. The Morgan fingerprint density at radius 2 is 1.44 bits per heavy atom. The van der Waals surface area contributed by atoms with Crippen LogP contribution in [0.25, 0.3) is 0 Å². The van der Waals surface area contributed by atoms with E-state index in [4.69, 9.17) is 14.2 Å². The number of ketones is 1. The molecule has 0 aliphatic rings. The van der Waals surface area contributed by atoms with E-state index in [2.05, 4.69) is 10.9 Å². The molecular weight excluding hydrogens is 432 g/mol. The lowest BCUT2D eigenvalue weighted by atomic mass is 10.1. The fourth-order valence-corrected chi connectivity index (χ4v) is 3.99. The lowest BCUT2D eigenvalue weighted by Crippen LogP contribution is -2.41. The average molecular weight is 463 g/mol. The van der Waals surface area contributed by atoms with Crippen molar-refractivity contribution >= 4 is 28.9 Å². The predicted octanol–water partition coefficient (Wildman–Crippen LogP) is 3.99. The van der Waals surface area contributed by atoms with Crippen LogP contribution in [0.1, 0.15) is 64.1 Å². The van der Waals surface area contributed by atoms with Gasteiger partial charge in [-0.3, -0.25) is 25.2 Å². The molecule has 0 fully saturated rings. The van der Waals surface area contributed by atoms with Crippen molar-refractivity contribution in [2.75, 3.05) is 19.8 Å². The fraction of sp³-hybridized carbons (Fsp3) is 0.435. The fourth-order valence-electron chi connectivity index (χ4n) is 3.05. The minimum atomic E-state index is -0.543. The zero-order chi connectivity index (χ0) is 23.7.